The number of rotatable bonds is 3. The molecule has 1 amide bonds. The van der Waals surface area contributed by atoms with Gasteiger partial charge < -0.3 is 0 Å². The highest BCUT2D eigenvalue weighted by molar-refractivity contribution is 9.10. The third kappa shape index (κ3) is 4.19. The molecule has 2 aromatic rings. The van der Waals surface area contributed by atoms with Crippen LogP contribution >= 0.6 is 27.5 Å². The van der Waals surface area contributed by atoms with E-state index in [1.54, 1.807) is 30.5 Å². The molecule has 1 N–H and O–H groups in total. The van der Waals surface area contributed by atoms with Crippen LogP contribution in [0.5, 0.6) is 0 Å². The Bertz CT molecular complexity index is 594. The zero-order chi connectivity index (χ0) is 13.7. The summed E-state index contributed by atoms with van der Waals surface area (Å²) >= 11 is 9.10. The quantitative estimate of drug-likeness (QED) is 0.670. The summed E-state index contributed by atoms with van der Waals surface area (Å²) in [4.78, 5) is 11.7. The molecule has 0 saturated heterocycles. The SMILES string of the molecule is O=C(N/N=C\c1ccc(Br)cc1)c1ccc(Cl)cc1. The van der Waals surface area contributed by atoms with Gasteiger partial charge in [0.1, 0.15) is 0 Å². The number of carbonyl (C=O) groups excluding carboxylic acids is 1. The molecule has 19 heavy (non-hydrogen) atoms. The first kappa shape index (κ1) is 13.8. The maximum absolute atomic E-state index is 11.7. The molecule has 0 radical (unpaired) electrons. The largest absolute Gasteiger partial charge is 0.271 e. The minimum Gasteiger partial charge on any atom is -0.267 e. The van der Waals surface area contributed by atoms with Crippen molar-refractivity contribution in [3.63, 3.8) is 0 Å². The van der Waals surface area contributed by atoms with Gasteiger partial charge >= 0.3 is 0 Å². The molecule has 0 atom stereocenters. The third-order valence-corrected chi connectivity index (χ3v) is 3.14. The summed E-state index contributed by atoms with van der Waals surface area (Å²) in [6.45, 7) is 0. The second kappa shape index (κ2) is 6.50. The van der Waals surface area contributed by atoms with E-state index in [-0.39, 0.29) is 5.91 Å². The second-order valence-corrected chi connectivity index (χ2v) is 5.11. The minimum atomic E-state index is -0.273. The number of nitrogens with one attached hydrogen (secondary N) is 1. The van der Waals surface area contributed by atoms with Crippen molar-refractivity contribution in [2.24, 2.45) is 5.10 Å². The summed E-state index contributed by atoms with van der Waals surface area (Å²) in [5.74, 6) is -0.273. The van der Waals surface area contributed by atoms with Gasteiger partial charge in [0, 0.05) is 15.1 Å². The molecule has 0 aliphatic heterocycles. The van der Waals surface area contributed by atoms with Crippen molar-refractivity contribution in [2.75, 3.05) is 0 Å². The number of hydrogen-bond acceptors (Lipinski definition) is 2. The van der Waals surface area contributed by atoms with Crippen molar-refractivity contribution < 1.29 is 4.79 Å². The Hall–Kier alpha value is -1.65. The number of amides is 1. The van der Waals surface area contributed by atoms with Crippen molar-refractivity contribution >= 4 is 39.7 Å². The van der Waals surface area contributed by atoms with Gasteiger partial charge in [-0.3, -0.25) is 4.79 Å². The van der Waals surface area contributed by atoms with Crippen LogP contribution < -0.4 is 5.43 Å². The molecule has 5 heteroatoms. The molecule has 0 fully saturated rings. The van der Waals surface area contributed by atoms with E-state index >= 15 is 0 Å². The molecule has 0 aromatic heterocycles. The molecular weight excluding hydrogens is 328 g/mol. The van der Waals surface area contributed by atoms with Crippen LogP contribution in [0.1, 0.15) is 15.9 Å². The Balaban J connectivity index is 1.96. The van der Waals surface area contributed by atoms with E-state index in [1.807, 2.05) is 24.3 Å². The first-order valence-corrected chi connectivity index (χ1v) is 6.67. The molecule has 0 aliphatic rings. The van der Waals surface area contributed by atoms with Crippen molar-refractivity contribution in [1.82, 2.24) is 5.43 Å². The van der Waals surface area contributed by atoms with Crippen LogP contribution in [-0.2, 0) is 0 Å². The average Bonchev–Trinajstić information content (AvgIpc) is 2.41. The molecule has 0 heterocycles. The zero-order valence-electron chi connectivity index (χ0n) is 9.81. The molecule has 0 spiro atoms. The first-order chi connectivity index (χ1) is 9.15. The summed E-state index contributed by atoms with van der Waals surface area (Å²) in [5.41, 5.74) is 3.87. The Morgan fingerprint density at radius 3 is 2.37 bits per heavy atom. The van der Waals surface area contributed by atoms with Crippen molar-refractivity contribution in [2.45, 2.75) is 0 Å². The van der Waals surface area contributed by atoms with Gasteiger partial charge in [-0.25, -0.2) is 5.43 Å². The fourth-order valence-electron chi connectivity index (χ4n) is 1.38. The van der Waals surface area contributed by atoms with Gasteiger partial charge in [-0.05, 0) is 42.0 Å². The van der Waals surface area contributed by atoms with Crippen molar-refractivity contribution in [3.05, 3.63) is 69.2 Å². The molecule has 0 bridgehead atoms. The number of benzene rings is 2. The van der Waals surface area contributed by atoms with Crippen molar-refractivity contribution in [3.8, 4) is 0 Å². The standard InChI is InChI=1S/C14H10BrClN2O/c15-12-5-1-10(2-6-12)9-17-18-14(19)11-3-7-13(16)8-4-11/h1-9H,(H,18,19)/b17-9-. The Kier molecular flexibility index (Phi) is 4.71. The highest BCUT2D eigenvalue weighted by Gasteiger charge is 2.02. The van der Waals surface area contributed by atoms with Crippen LogP contribution in [0, 0.1) is 0 Å². The lowest BCUT2D eigenvalue weighted by Gasteiger charge is -1.99. The van der Waals surface area contributed by atoms with E-state index in [2.05, 4.69) is 26.5 Å². The average molecular weight is 338 g/mol. The van der Waals surface area contributed by atoms with Gasteiger partial charge in [-0.2, -0.15) is 5.10 Å². The molecule has 2 aromatic carbocycles. The van der Waals surface area contributed by atoms with Crippen molar-refractivity contribution in [1.29, 1.82) is 0 Å². The molecule has 0 saturated carbocycles. The lowest BCUT2D eigenvalue weighted by Crippen LogP contribution is -2.17. The van der Waals surface area contributed by atoms with Crippen LogP contribution in [0.25, 0.3) is 0 Å². The van der Waals surface area contributed by atoms with E-state index in [9.17, 15) is 4.79 Å². The smallest absolute Gasteiger partial charge is 0.267 e. The molecule has 2 rings (SSSR count). The molecule has 3 nitrogen and oxygen atoms in total. The van der Waals surface area contributed by atoms with Gasteiger partial charge in [-0.15, -0.1) is 0 Å². The van der Waals surface area contributed by atoms with Crippen LogP contribution in [0.2, 0.25) is 5.02 Å². The van der Waals surface area contributed by atoms with E-state index < -0.39 is 0 Å². The lowest BCUT2D eigenvalue weighted by atomic mass is 10.2. The normalized spacial score (nSPS) is 10.6. The molecular formula is C14H10BrClN2O. The first-order valence-electron chi connectivity index (χ1n) is 5.50. The van der Waals surface area contributed by atoms with Gasteiger partial charge in [0.2, 0.25) is 0 Å². The Morgan fingerprint density at radius 1 is 1.11 bits per heavy atom. The maximum Gasteiger partial charge on any atom is 0.271 e. The Morgan fingerprint density at radius 2 is 1.74 bits per heavy atom. The van der Waals surface area contributed by atoms with Gasteiger partial charge in [0.05, 0.1) is 6.21 Å². The minimum absolute atomic E-state index is 0.273. The Labute approximate surface area is 124 Å². The fourth-order valence-corrected chi connectivity index (χ4v) is 1.77. The van der Waals surface area contributed by atoms with E-state index in [0.29, 0.717) is 10.6 Å². The van der Waals surface area contributed by atoms with Crippen LogP contribution in [-0.4, -0.2) is 12.1 Å². The van der Waals surface area contributed by atoms with E-state index in [1.165, 1.54) is 0 Å². The summed E-state index contributed by atoms with van der Waals surface area (Å²) in [6.07, 6.45) is 1.58. The number of carbonyl (C=O) groups is 1. The predicted octanol–water partition coefficient (Wildman–Crippen LogP) is 3.87. The second-order valence-electron chi connectivity index (χ2n) is 3.76. The zero-order valence-corrected chi connectivity index (χ0v) is 12.1. The molecule has 96 valence electrons. The van der Waals surface area contributed by atoms with Crippen LogP contribution in [0.3, 0.4) is 0 Å². The number of hydrazone groups is 1. The lowest BCUT2D eigenvalue weighted by molar-refractivity contribution is 0.0955. The van der Waals surface area contributed by atoms with Crippen LogP contribution in [0.4, 0.5) is 0 Å². The fraction of sp³-hybridized carbons (Fsp3) is 0. The highest BCUT2D eigenvalue weighted by Crippen LogP contribution is 2.10. The number of halogens is 2. The number of hydrogen-bond donors (Lipinski definition) is 1. The van der Waals surface area contributed by atoms with E-state index in [0.717, 1.165) is 10.0 Å². The summed E-state index contributed by atoms with van der Waals surface area (Å²) in [5, 5.41) is 4.49. The van der Waals surface area contributed by atoms with E-state index in [4.69, 9.17) is 11.6 Å². The maximum atomic E-state index is 11.7. The van der Waals surface area contributed by atoms with Crippen LogP contribution in [0.15, 0.2) is 58.1 Å². The molecule has 0 unspecified atom stereocenters. The highest BCUT2D eigenvalue weighted by atomic mass is 79.9. The summed E-state index contributed by atoms with van der Waals surface area (Å²) < 4.78 is 0.995. The number of nitrogens with zero attached hydrogens (tertiary/aromatic N) is 1. The summed E-state index contributed by atoms with van der Waals surface area (Å²) in [7, 11) is 0. The topological polar surface area (TPSA) is 41.5 Å². The third-order valence-electron chi connectivity index (χ3n) is 2.36. The molecule has 0 aliphatic carbocycles. The predicted molar refractivity (Wildman–Crippen MR) is 80.7 cm³/mol. The van der Waals surface area contributed by atoms with Gasteiger partial charge in [-0.1, -0.05) is 39.7 Å². The summed E-state index contributed by atoms with van der Waals surface area (Å²) in [6, 6.07) is 14.2. The van der Waals surface area contributed by atoms with Gasteiger partial charge in [0.25, 0.3) is 5.91 Å². The monoisotopic (exact) mass is 336 g/mol. The van der Waals surface area contributed by atoms with Gasteiger partial charge in [0.15, 0.2) is 0 Å².